The number of ether oxygens (including phenoxy) is 1. The van der Waals surface area contributed by atoms with E-state index in [1.165, 1.54) is 5.56 Å². The molecule has 2 aromatic carbocycles. The number of nitrogens with zero attached hydrogens (tertiary/aromatic N) is 1. The quantitative estimate of drug-likeness (QED) is 0.721. The highest BCUT2D eigenvalue weighted by Gasteiger charge is 1.93. The summed E-state index contributed by atoms with van der Waals surface area (Å²) in [5.41, 5.74) is 1.17. The Morgan fingerprint density at radius 3 is 2.18 bits per heavy atom. The third kappa shape index (κ3) is 5.42. The highest BCUT2D eigenvalue weighted by atomic mass is 16.5. The van der Waals surface area contributed by atoms with E-state index in [-0.39, 0.29) is 0 Å². The standard InChI is InChI=1S/C10H9NO.C7H8O.CH4O/c1-12-10-3-2-9-7-11-5-4-8(9)6-10;1-6-2-4-7(8)5-3-6;1-2/h2-7H,1H3;2-5,8H,1H3;2H,1H3. The summed E-state index contributed by atoms with van der Waals surface area (Å²) in [6, 6.07) is 15.0. The molecule has 1 aromatic heterocycles. The van der Waals surface area contributed by atoms with Crippen molar-refractivity contribution in [2.45, 2.75) is 6.92 Å². The third-order valence-corrected chi connectivity index (χ3v) is 2.88. The Morgan fingerprint density at radius 2 is 1.59 bits per heavy atom. The number of benzene rings is 2. The molecule has 0 aliphatic rings. The lowest BCUT2D eigenvalue weighted by atomic mass is 10.2. The van der Waals surface area contributed by atoms with Gasteiger partial charge in [-0.2, -0.15) is 0 Å². The lowest BCUT2D eigenvalue weighted by Crippen LogP contribution is -1.82. The molecule has 0 amide bonds. The molecule has 1 heterocycles. The van der Waals surface area contributed by atoms with Crippen LogP contribution >= 0.6 is 0 Å². The average molecular weight is 299 g/mol. The van der Waals surface area contributed by atoms with E-state index in [0.717, 1.165) is 23.6 Å². The SMILES string of the molecule is CO.COc1ccc2cnccc2c1.Cc1ccc(O)cc1. The number of aromatic nitrogens is 1. The van der Waals surface area contributed by atoms with Crippen LogP contribution in [-0.2, 0) is 0 Å². The summed E-state index contributed by atoms with van der Waals surface area (Å²) in [7, 11) is 2.67. The van der Waals surface area contributed by atoms with Gasteiger partial charge in [-0.05, 0) is 48.7 Å². The van der Waals surface area contributed by atoms with Crippen LogP contribution in [0.4, 0.5) is 0 Å². The second-order valence-corrected chi connectivity index (χ2v) is 4.42. The third-order valence-electron chi connectivity index (χ3n) is 2.88. The second kappa shape index (κ2) is 9.37. The van der Waals surface area contributed by atoms with E-state index in [1.54, 1.807) is 25.4 Å². The van der Waals surface area contributed by atoms with Crippen LogP contribution in [0.15, 0.2) is 60.9 Å². The molecule has 116 valence electrons. The van der Waals surface area contributed by atoms with Gasteiger partial charge in [-0.1, -0.05) is 17.7 Å². The normalized spacial score (nSPS) is 9.09. The summed E-state index contributed by atoms with van der Waals surface area (Å²) in [6.07, 6.45) is 3.62. The Morgan fingerprint density at radius 1 is 0.909 bits per heavy atom. The van der Waals surface area contributed by atoms with Gasteiger partial charge in [-0.15, -0.1) is 0 Å². The summed E-state index contributed by atoms with van der Waals surface area (Å²) < 4.78 is 5.10. The van der Waals surface area contributed by atoms with Crippen LogP contribution in [0.2, 0.25) is 0 Å². The minimum Gasteiger partial charge on any atom is -0.508 e. The van der Waals surface area contributed by atoms with Gasteiger partial charge in [0.2, 0.25) is 0 Å². The Balaban J connectivity index is 0.000000211. The summed E-state index contributed by atoms with van der Waals surface area (Å²) >= 11 is 0. The van der Waals surface area contributed by atoms with Crippen LogP contribution in [0.5, 0.6) is 11.5 Å². The number of aromatic hydroxyl groups is 1. The van der Waals surface area contributed by atoms with E-state index in [4.69, 9.17) is 14.9 Å². The molecule has 0 unspecified atom stereocenters. The monoisotopic (exact) mass is 299 g/mol. The number of pyridine rings is 1. The highest BCUT2D eigenvalue weighted by molar-refractivity contribution is 5.82. The van der Waals surface area contributed by atoms with E-state index in [9.17, 15) is 0 Å². The molecule has 0 fully saturated rings. The van der Waals surface area contributed by atoms with Crippen molar-refractivity contribution in [2.75, 3.05) is 14.2 Å². The van der Waals surface area contributed by atoms with Crippen LogP contribution in [-0.4, -0.2) is 29.4 Å². The second-order valence-electron chi connectivity index (χ2n) is 4.42. The van der Waals surface area contributed by atoms with E-state index in [1.807, 2.05) is 49.5 Å². The van der Waals surface area contributed by atoms with Crippen molar-refractivity contribution in [3.05, 3.63) is 66.5 Å². The Bertz CT molecular complexity index is 660. The van der Waals surface area contributed by atoms with Crippen LogP contribution in [0.1, 0.15) is 5.56 Å². The van der Waals surface area contributed by atoms with Gasteiger partial charge in [-0.3, -0.25) is 4.98 Å². The van der Waals surface area contributed by atoms with Crippen LogP contribution in [0, 0.1) is 6.92 Å². The number of aryl methyl sites for hydroxylation is 1. The summed E-state index contributed by atoms with van der Waals surface area (Å²) in [5.74, 6) is 1.21. The van der Waals surface area contributed by atoms with Gasteiger partial charge in [0.15, 0.2) is 0 Å². The molecular formula is C18H21NO3. The first-order valence-corrected chi connectivity index (χ1v) is 6.77. The number of phenols is 1. The molecule has 22 heavy (non-hydrogen) atoms. The molecule has 0 aliphatic heterocycles. The van der Waals surface area contributed by atoms with Gasteiger partial charge < -0.3 is 14.9 Å². The Kier molecular flexibility index (Phi) is 7.43. The van der Waals surface area contributed by atoms with Crippen molar-refractivity contribution in [3.8, 4) is 11.5 Å². The molecular weight excluding hydrogens is 278 g/mol. The van der Waals surface area contributed by atoms with Gasteiger partial charge in [-0.25, -0.2) is 0 Å². The zero-order valence-electron chi connectivity index (χ0n) is 13.0. The van der Waals surface area contributed by atoms with Gasteiger partial charge in [0, 0.05) is 24.9 Å². The summed E-state index contributed by atoms with van der Waals surface area (Å²) in [6.45, 7) is 1.99. The van der Waals surface area contributed by atoms with Gasteiger partial charge in [0.1, 0.15) is 11.5 Å². The molecule has 0 saturated heterocycles. The predicted octanol–water partition coefficient (Wildman–Crippen LogP) is 3.55. The maximum absolute atomic E-state index is 8.76. The number of fused-ring (bicyclic) bond motifs is 1. The minimum absolute atomic E-state index is 0.329. The number of hydrogen-bond acceptors (Lipinski definition) is 4. The van der Waals surface area contributed by atoms with E-state index >= 15 is 0 Å². The molecule has 2 N–H and O–H groups in total. The lowest BCUT2D eigenvalue weighted by molar-refractivity contribution is 0.399. The van der Waals surface area contributed by atoms with Crippen molar-refractivity contribution in [3.63, 3.8) is 0 Å². The Hall–Kier alpha value is -2.59. The first-order chi connectivity index (χ1) is 10.7. The van der Waals surface area contributed by atoms with Gasteiger partial charge in [0.25, 0.3) is 0 Å². The number of aliphatic hydroxyl groups is 1. The maximum atomic E-state index is 8.76. The van der Waals surface area contributed by atoms with Crippen molar-refractivity contribution in [1.29, 1.82) is 0 Å². The molecule has 0 bridgehead atoms. The summed E-state index contributed by atoms with van der Waals surface area (Å²) in [5, 5.41) is 18.1. The minimum atomic E-state index is 0.329. The van der Waals surface area contributed by atoms with Crippen molar-refractivity contribution < 1.29 is 14.9 Å². The molecule has 0 spiro atoms. The molecule has 4 nitrogen and oxygen atoms in total. The number of methoxy groups -OCH3 is 1. The van der Waals surface area contributed by atoms with Crippen molar-refractivity contribution >= 4 is 10.8 Å². The molecule has 0 saturated carbocycles. The maximum Gasteiger partial charge on any atom is 0.119 e. The Labute approximate surface area is 130 Å². The fourth-order valence-corrected chi connectivity index (χ4v) is 1.73. The fraction of sp³-hybridized carbons (Fsp3) is 0.167. The van der Waals surface area contributed by atoms with Gasteiger partial charge in [0.05, 0.1) is 7.11 Å². The topological polar surface area (TPSA) is 62.6 Å². The number of rotatable bonds is 1. The molecule has 0 atom stereocenters. The van der Waals surface area contributed by atoms with E-state index < -0.39 is 0 Å². The predicted molar refractivity (Wildman–Crippen MR) is 89.3 cm³/mol. The number of aliphatic hydroxyl groups excluding tert-OH is 1. The molecule has 0 radical (unpaired) electrons. The van der Waals surface area contributed by atoms with E-state index in [0.29, 0.717) is 5.75 Å². The first kappa shape index (κ1) is 17.5. The molecule has 4 heteroatoms. The van der Waals surface area contributed by atoms with E-state index in [2.05, 4.69) is 4.98 Å². The highest BCUT2D eigenvalue weighted by Crippen LogP contribution is 2.18. The molecule has 0 aliphatic carbocycles. The summed E-state index contributed by atoms with van der Waals surface area (Å²) in [4.78, 5) is 4.03. The largest absolute Gasteiger partial charge is 0.508 e. The van der Waals surface area contributed by atoms with Gasteiger partial charge >= 0.3 is 0 Å². The van der Waals surface area contributed by atoms with Crippen LogP contribution < -0.4 is 4.74 Å². The van der Waals surface area contributed by atoms with Crippen molar-refractivity contribution in [2.24, 2.45) is 0 Å². The molecule has 3 aromatic rings. The van der Waals surface area contributed by atoms with Crippen molar-refractivity contribution in [1.82, 2.24) is 4.98 Å². The zero-order valence-corrected chi connectivity index (χ0v) is 13.0. The molecule has 3 rings (SSSR count). The lowest BCUT2D eigenvalue weighted by Gasteiger charge is -2.00. The van der Waals surface area contributed by atoms with Crippen LogP contribution in [0.3, 0.4) is 0 Å². The zero-order chi connectivity index (χ0) is 16.4. The fourth-order valence-electron chi connectivity index (χ4n) is 1.73. The average Bonchev–Trinajstić information content (AvgIpc) is 2.59. The number of phenolic OH excluding ortho intramolecular Hbond substituents is 1. The first-order valence-electron chi connectivity index (χ1n) is 6.77. The smallest absolute Gasteiger partial charge is 0.119 e. The van der Waals surface area contributed by atoms with Crippen LogP contribution in [0.25, 0.3) is 10.8 Å². The number of hydrogen-bond donors (Lipinski definition) is 2.